The van der Waals surface area contributed by atoms with Gasteiger partial charge < -0.3 is 14.7 Å². The molecular formula is C25H29NO4. The summed E-state index contributed by atoms with van der Waals surface area (Å²) < 4.78 is 5.34. The number of methoxy groups -OCH3 is 1. The molecule has 0 radical (unpaired) electrons. The van der Waals surface area contributed by atoms with Gasteiger partial charge in [0.25, 0.3) is 5.91 Å². The van der Waals surface area contributed by atoms with Crippen molar-refractivity contribution in [3.63, 3.8) is 0 Å². The molecule has 0 aromatic heterocycles. The van der Waals surface area contributed by atoms with Gasteiger partial charge in [-0.05, 0) is 36.1 Å². The molecule has 1 amide bonds. The van der Waals surface area contributed by atoms with Gasteiger partial charge in [-0.15, -0.1) is 0 Å². The Balaban J connectivity index is 1.90. The molecule has 5 heteroatoms. The molecule has 1 unspecified atom stereocenters. The van der Waals surface area contributed by atoms with Gasteiger partial charge in [-0.1, -0.05) is 62.2 Å². The standard InChI is InChI=1S/C25H29NO4/c1-3-4-8-16-26-23(19-12-9-13-20(17-19)30-2)22(24(28)25(26)29)21(27)15-14-18-10-6-5-7-11-18/h5-7,9-13,17,23,28H,3-4,8,14-16H2,1-2H3. The number of hydrogen-bond donors (Lipinski definition) is 1. The summed E-state index contributed by atoms with van der Waals surface area (Å²) in [6, 6.07) is 16.5. The maximum Gasteiger partial charge on any atom is 0.290 e. The van der Waals surface area contributed by atoms with E-state index in [1.807, 2.05) is 54.6 Å². The van der Waals surface area contributed by atoms with Gasteiger partial charge in [0.2, 0.25) is 0 Å². The summed E-state index contributed by atoms with van der Waals surface area (Å²) in [4.78, 5) is 27.6. The summed E-state index contributed by atoms with van der Waals surface area (Å²) in [7, 11) is 1.58. The zero-order valence-electron chi connectivity index (χ0n) is 17.6. The highest BCUT2D eigenvalue weighted by atomic mass is 16.5. The van der Waals surface area contributed by atoms with E-state index in [4.69, 9.17) is 4.74 Å². The van der Waals surface area contributed by atoms with Crippen LogP contribution >= 0.6 is 0 Å². The van der Waals surface area contributed by atoms with E-state index in [1.54, 1.807) is 12.0 Å². The number of aliphatic hydroxyl groups excluding tert-OH is 1. The second-order valence-corrected chi connectivity index (χ2v) is 7.56. The topological polar surface area (TPSA) is 66.8 Å². The Bertz CT molecular complexity index is 920. The maximum absolute atomic E-state index is 13.2. The van der Waals surface area contributed by atoms with Crippen LogP contribution in [0.4, 0.5) is 0 Å². The zero-order valence-corrected chi connectivity index (χ0v) is 17.6. The highest BCUT2D eigenvalue weighted by Gasteiger charge is 2.42. The number of carbonyl (C=O) groups is 2. The third kappa shape index (κ3) is 4.73. The highest BCUT2D eigenvalue weighted by molar-refractivity contribution is 6.09. The molecule has 1 atom stereocenters. The van der Waals surface area contributed by atoms with Crippen LogP contribution < -0.4 is 4.74 Å². The van der Waals surface area contributed by atoms with E-state index in [2.05, 4.69) is 6.92 Å². The lowest BCUT2D eigenvalue weighted by Crippen LogP contribution is -2.32. The number of aryl methyl sites for hydroxylation is 1. The van der Waals surface area contributed by atoms with Crippen molar-refractivity contribution in [2.75, 3.05) is 13.7 Å². The first-order chi connectivity index (χ1) is 14.6. The number of unbranched alkanes of at least 4 members (excludes halogenated alkanes) is 2. The predicted octanol–water partition coefficient (Wildman–Crippen LogP) is 4.78. The third-order valence-corrected chi connectivity index (χ3v) is 5.50. The minimum atomic E-state index is -0.590. The Morgan fingerprint density at radius 2 is 1.87 bits per heavy atom. The van der Waals surface area contributed by atoms with Crippen molar-refractivity contribution < 1.29 is 19.4 Å². The first-order valence-corrected chi connectivity index (χ1v) is 10.5. The fourth-order valence-electron chi connectivity index (χ4n) is 3.90. The second-order valence-electron chi connectivity index (χ2n) is 7.56. The van der Waals surface area contributed by atoms with Gasteiger partial charge in [0.15, 0.2) is 11.5 Å². The largest absolute Gasteiger partial charge is 0.503 e. The number of amides is 1. The summed E-state index contributed by atoms with van der Waals surface area (Å²) in [5.41, 5.74) is 2.01. The molecule has 2 aromatic rings. The molecule has 0 bridgehead atoms. The van der Waals surface area contributed by atoms with Crippen LogP contribution in [0.1, 0.15) is 49.8 Å². The van der Waals surface area contributed by atoms with E-state index in [1.165, 1.54) is 0 Å². The van der Waals surface area contributed by atoms with Crippen LogP contribution in [-0.2, 0) is 16.0 Å². The van der Waals surface area contributed by atoms with E-state index < -0.39 is 17.7 Å². The van der Waals surface area contributed by atoms with Gasteiger partial charge in [-0.25, -0.2) is 0 Å². The van der Waals surface area contributed by atoms with Gasteiger partial charge in [-0.3, -0.25) is 9.59 Å². The third-order valence-electron chi connectivity index (χ3n) is 5.50. The number of nitrogens with zero attached hydrogens (tertiary/aromatic N) is 1. The highest BCUT2D eigenvalue weighted by Crippen LogP contribution is 2.39. The number of rotatable bonds is 10. The fraction of sp³-hybridized carbons (Fsp3) is 0.360. The van der Waals surface area contributed by atoms with Crippen molar-refractivity contribution in [2.24, 2.45) is 0 Å². The first-order valence-electron chi connectivity index (χ1n) is 10.5. The number of Topliss-reactive ketones (excluding diaryl/α,β-unsaturated/α-hetero) is 1. The molecule has 1 N–H and O–H groups in total. The number of ketones is 1. The van der Waals surface area contributed by atoms with Crippen molar-refractivity contribution >= 4 is 11.7 Å². The van der Waals surface area contributed by atoms with E-state index in [0.717, 1.165) is 30.4 Å². The molecular weight excluding hydrogens is 378 g/mol. The number of carbonyl (C=O) groups excluding carboxylic acids is 2. The molecule has 30 heavy (non-hydrogen) atoms. The number of hydrogen-bond acceptors (Lipinski definition) is 4. The Morgan fingerprint density at radius 3 is 2.57 bits per heavy atom. The Labute approximate surface area is 178 Å². The first kappa shape index (κ1) is 21.6. The van der Waals surface area contributed by atoms with Crippen LogP contribution in [0.3, 0.4) is 0 Å². The van der Waals surface area contributed by atoms with Crippen LogP contribution in [0.25, 0.3) is 0 Å². The average molecular weight is 408 g/mol. The molecule has 1 aliphatic heterocycles. The average Bonchev–Trinajstić information content (AvgIpc) is 3.03. The van der Waals surface area contributed by atoms with Crippen molar-refractivity contribution in [2.45, 2.75) is 45.1 Å². The smallest absolute Gasteiger partial charge is 0.290 e. The lowest BCUT2D eigenvalue weighted by atomic mass is 9.93. The lowest BCUT2D eigenvalue weighted by Gasteiger charge is -2.27. The number of ether oxygens (including phenoxy) is 1. The Kier molecular flexibility index (Phi) is 7.28. The SMILES string of the molecule is CCCCCN1C(=O)C(O)=C(C(=O)CCc2ccccc2)C1c1cccc(OC)c1. The Morgan fingerprint density at radius 1 is 1.10 bits per heavy atom. The molecule has 1 aliphatic rings. The van der Waals surface area contributed by atoms with Crippen LogP contribution in [0.2, 0.25) is 0 Å². The zero-order chi connectivity index (χ0) is 21.5. The molecule has 5 nitrogen and oxygen atoms in total. The monoisotopic (exact) mass is 407 g/mol. The van der Waals surface area contributed by atoms with Crippen molar-refractivity contribution in [1.82, 2.24) is 4.90 Å². The molecule has 3 rings (SSSR count). The van der Waals surface area contributed by atoms with Crippen molar-refractivity contribution in [3.8, 4) is 5.75 Å². The van der Waals surface area contributed by atoms with Gasteiger partial charge in [-0.2, -0.15) is 0 Å². The van der Waals surface area contributed by atoms with Gasteiger partial charge in [0.1, 0.15) is 5.75 Å². The van der Waals surface area contributed by atoms with Crippen molar-refractivity contribution in [1.29, 1.82) is 0 Å². The molecule has 1 heterocycles. The predicted molar refractivity (Wildman–Crippen MR) is 116 cm³/mol. The van der Waals surface area contributed by atoms with Crippen LogP contribution in [-0.4, -0.2) is 35.4 Å². The Hall–Kier alpha value is -3.08. The van der Waals surface area contributed by atoms with Gasteiger partial charge in [0.05, 0.1) is 18.7 Å². The van der Waals surface area contributed by atoms with E-state index >= 15 is 0 Å². The summed E-state index contributed by atoms with van der Waals surface area (Å²) in [5, 5.41) is 10.6. The fourth-order valence-corrected chi connectivity index (χ4v) is 3.90. The van der Waals surface area contributed by atoms with Crippen LogP contribution in [0.5, 0.6) is 5.75 Å². The minimum Gasteiger partial charge on any atom is -0.503 e. The normalized spacial score (nSPS) is 16.3. The molecule has 158 valence electrons. The summed E-state index contributed by atoms with van der Waals surface area (Å²) in [6.45, 7) is 2.59. The molecule has 0 saturated heterocycles. The van der Waals surface area contributed by atoms with Gasteiger partial charge in [0, 0.05) is 13.0 Å². The maximum atomic E-state index is 13.2. The van der Waals surface area contributed by atoms with Crippen LogP contribution in [0, 0.1) is 0 Å². The lowest BCUT2D eigenvalue weighted by molar-refractivity contribution is -0.129. The summed E-state index contributed by atoms with van der Waals surface area (Å²) in [5.74, 6) is -0.439. The second kappa shape index (κ2) is 10.1. The minimum absolute atomic E-state index is 0.195. The van der Waals surface area contributed by atoms with E-state index in [-0.39, 0.29) is 17.8 Å². The number of aliphatic hydroxyl groups is 1. The van der Waals surface area contributed by atoms with E-state index in [0.29, 0.717) is 18.7 Å². The van der Waals surface area contributed by atoms with E-state index in [9.17, 15) is 14.7 Å². The summed E-state index contributed by atoms with van der Waals surface area (Å²) in [6.07, 6.45) is 3.62. The quantitative estimate of drug-likeness (QED) is 0.576. The molecule has 0 spiro atoms. The number of benzene rings is 2. The molecule has 0 aliphatic carbocycles. The molecule has 0 saturated carbocycles. The van der Waals surface area contributed by atoms with Crippen molar-refractivity contribution in [3.05, 3.63) is 77.1 Å². The van der Waals surface area contributed by atoms with Gasteiger partial charge >= 0.3 is 0 Å². The molecule has 0 fully saturated rings. The summed E-state index contributed by atoms with van der Waals surface area (Å²) >= 11 is 0. The van der Waals surface area contributed by atoms with Crippen LogP contribution in [0.15, 0.2) is 65.9 Å². The molecule has 2 aromatic carbocycles.